The molecule has 1 N–H and O–H groups in total. The topological polar surface area (TPSA) is 62.3 Å². The number of fused-ring (bicyclic) bond motifs is 3. The van der Waals surface area contributed by atoms with E-state index >= 15 is 0 Å². The number of carbonyl (C=O) groups excluding carboxylic acids is 2. The van der Waals surface area contributed by atoms with Gasteiger partial charge in [-0.1, -0.05) is 17.7 Å². The summed E-state index contributed by atoms with van der Waals surface area (Å²) >= 11 is 0. The second-order valence-corrected chi connectivity index (χ2v) is 6.78. The lowest BCUT2D eigenvalue weighted by Gasteiger charge is -2.23. The maximum Gasteiger partial charge on any atom is 0.280 e. The number of nitrogens with zero attached hydrogens (tertiary/aromatic N) is 2. The van der Waals surface area contributed by atoms with E-state index in [1.54, 1.807) is 0 Å². The lowest BCUT2D eigenvalue weighted by Crippen LogP contribution is -2.27. The highest BCUT2D eigenvalue weighted by Crippen LogP contribution is 2.33. The van der Waals surface area contributed by atoms with Gasteiger partial charge in [0.25, 0.3) is 11.8 Å². The number of pyridine rings is 1. The summed E-state index contributed by atoms with van der Waals surface area (Å²) in [5, 5.41) is 4.97. The van der Waals surface area contributed by atoms with E-state index in [0.717, 1.165) is 21.2 Å². The van der Waals surface area contributed by atoms with Gasteiger partial charge in [-0.15, -0.1) is 0 Å². The van der Waals surface area contributed by atoms with Crippen LogP contribution >= 0.6 is 0 Å². The zero-order valence-electron chi connectivity index (χ0n) is 13.4. The number of aromatic nitrogens is 1. The monoisotopic (exact) mass is 297 g/mol. The average molecular weight is 297 g/mol. The number of nitrogens with one attached hydrogen (secondary N) is 1. The molecule has 0 aliphatic carbocycles. The molecular formula is C17H19N3O2. The van der Waals surface area contributed by atoms with Crippen LogP contribution in [-0.2, 0) is 0 Å². The molecule has 22 heavy (non-hydrogen) atoms. The van der Waals surface area contributed by atoms with Gasteiger partial charge in [0.05, 0.1) is 5.56 Å². The molecule has 0 bridgehead atoms. The smallest absolute Gasteiger partial charge is 0.280 e. The molecule has 5 heteroatoms. The summed E-state index contributed by atoms with van der Waals surface area (Å²) in [5.74, 6) is 0.00416. The van der Waals surface area contributed by atoms with E-state index in [1.165, 1.54) is 7.05 Å². The molecule has 0 unspecified atom stereocenters. The largest absolute Gasteiger partial charge is 0.365 e. The second kappa shape index (κ2) is 4.53. The van der Waals surface area contributed by atoms with Crippen LogP contribution in [0.25, 0.3) is 10.8 Å². The molecule has 0 saturated heterocycles. The van der Waals surface area contributed by atoms with Crippen LogP contribution in [0.4, 0.5) is 5.82 Å². The van der Waals surface area contributed by atoms with Gasteiger partial charge in [0, 0.05) is 23.4 Å². The van der Waals surface area contributed by atoms with Gasteiger partial charge in [-0.05, 0) is 33.8 Å². The van der Waals surface area contributed by atoms with E-state index in [4.69, 9.17) is 0 Å². The molecule has 0 radical (unpaired) electrons. The first kappa shape index (κ1) is 14.5. The second-order valence-electron chi connectivity index (χ2n) is 6.78. The van der Waals surface area contributed by atoms with Crippen molar-refractivity contribution >= 4 is 28.4 Å². The third-order valence-corrected chi connectivity index (χ3v) is 3.68. The molecule has 0 spiro atoms. The third kappa shape index (κ3) is 2.13. The van der Waals surface area contributed by atoms with Crippen molar-refractivity contribution in [2.45, 2.75) is 33.2 Å². The van der Waals surface area contributed by atoms with Crippen LogP contribution in [0.5, 0.6) is 0 Å². The van der Waals surface area contributed by atoms with E-state index in [0.29, 0.717) is 11.4 Å². The molecule has 3 rings (SSSR count). The van der Waals surface area contributed by atoms with Crippen molar-refractivity contribution < 1.29 is 9.59 Å². The predicted octanol–water partition coefficient (Wildman–Crippen LogP) is 2.98. The standard InChI is InChI=1S/C17H19N3O2/c1-9-6-7-10-11(8-9)14(19-17(2,3)4)18-13-12(10)15(21)20(5)16(13)22/h6-8H,1-5H3,(H,18,19). The Morgan fingerprint density at radius 2 is 1.77 bits per heavy atom. The van der Waals surface area contributed by atoms with Crippen LogP contribution in [0.2, 0.25) is 0 Å². The van der Waals surface area contributed by atoms with E-state index in [-0.39, 0.29) is 23.0 Å². The molecule has 1 aliphatic rings. The lowest BCUT2D eigenvalue weighted by atomic mass is 10.0. The first-order chi connectivity index (χ1) is 10.2. The van der Waals surface area contributed by atoms with Gasteiger partial charge < -0.3 is 5.32 Å². The molecule has 0 saturated carbocycles. The van der Waals surface area contributed by atoms with Crippen LogP contribution in [0.15, 0.2) is 18.2 Å². The minimum absolute atomic E-state index is 0.199. The number of aryl methyl sites for hydroxylation is 1. The first-order valence-electron chi connectivity index (χ1n) is 7.24. The van der Waals surface area contributed by atoms with Crippen LogP contribution < -0.4 is 5.32 Å². The summed E-state index contributed by atoms with van der Waals surface area (Å²) in [7, 11) is 1.49. The van der Waals surface area contributed by atoms with Gasteiger partial charge in [-0.3, -0.25) is 14.5 Å². The predicted molar refractivity (Wildman–Crippen MR) is 86.3 cm³/mol. The summed E-state index contributed by atoms with van der Waals surface area (Å²) in [4.78, 5) is 30.2. The fourth-order valence-corrected chi connectivity index (χ4v) is 2.67. The zero-order chi connectivity index (χ0) is 16.2. The molecule has 114 valence electrons. The summed E-state index contributed by atoms with van der Waals surface area (Å²) < 4.78 is 0. The van der Waals surface area contributed by atoms with Crippen LogP contribution in [0, 0.1) is 6.92 Å². The molecule has 0 atom stereocenters. The van der Waals surface area contributed by atoms with Crippen molar-refractivity contribution in [3.8, 4) is 0 Å². The Hall–Kier alpha value is -2.43. The minimum Gasteiger partial charge on any atom is -0.365 e. The fraction of sp³-hybridized carbons (Fsp3) is 0.353. The first-order valence-corrected chi connectivity index (χ1v) is 7.24. The Bertz CT molecular complexity index is 819. The Labute approximate surface area is 129 Å². The van der Waals surface area contributed by atoms with Crippen LogP contribution in [0.1, 0.15) is 47.2 Å². The normalized spacial score (nSPS) is 14.7. The minimum atomic E-state index is -0.348. The highest BCUT2D eigenvalue weighted by molar-refractivity contribution is 6.26. The van der Waals surface area contributed by atoms with Crippen molar-refractivity contribution in [1.82, 2.24) is 9.88 Å². The number of rotatable bonds is 1. The number of amides is 2. The Balaban J connectivity index is 2.37. The van der Waals surface area contributed by atoms with Crippen LogP contribution in [0.3, 0.4) is 0 Å². The van der Waals surface area contributed by atoms with Gasteiger partial charge >= 0.3 is 0 Å². The molecule has 5 nitrogen and oxygen atoms in total. The number of benzene rings is 1. The van der Waals surface area contributed by atoms with Gasteiger partial charge in [0.1, 0.15) is 11.5 Å². The highest BCUT2D eigenvalue weighted by atomic mass is 16.2. The number of carbonyl (C=O) groups is 2. The molecule has 1 aromatic heterocycles. The Kier molecular flexibility index (Phi) is 2.99. The summed E-state index contributed by atoms with van der Waals surface area (Å²) in [6.45, 7) is 8.08. The summed E-state index contributed by atoms with van der Waals surface area (Å²) in [6, 6.07) is 5.83. The maximum absolute atomic E-state index is 12.3. The molecule has 2 heterocycles. The van der Waals surface area contributed by atoms with Gasteiger partial charge in [0.15, 0.2) is 0 Å². The van der Waals surface area contributed by atoms with Crippen LogP contribution in [-0.4, -0.2) is 34.3 Å². The van der Waals surface area contributed by atoms with E-state index < -0.39 is 0 Å². The number of hydrogen-bond acceptors (Lipinski definition) is 4. The van der Waals surface area contributed by atoms with E-state index in [2.05, 4.69) is 10.3 Å². The van der Waals surface area contributed by atoms with Gasteiger partial charge in [-0.25, -0.2) is 4.98 Å². The Morgan fingerprint density at radius 1 is 1.09 bits per heavy atom. The Morgan fingerprint density at radius 3 is 2.41 bits per heavy atom. The van der Waals surface area contributed by atoms with Crippen molar-refractivity contribution in [1.29, 1.82) is 0 Å². The summed E-state index contributed by atoms with van der Waals surface area (Å²) in [6.07, 6.45) is 0. The van der Waals surface area contributed by atoms with Crippen molar-refractivity contribution in [2.24, 2.45) is 0 Å². The highest BCUT2D eigenvalue weighted by Gasteiger charge is 2.37. The number of anilines is 1. The number of imide groups is 1. The van der Waals surface area contributed by atoms with E-state index in [1.807, 2.05) is 45.9 Å². The quantitative estimate of drug-likeness (QED) is 0.822. The van der Waals surface area contributed by atoms with Crippen molar-refractivity contribution in [3.63, 3.8) is 0 Å². The van der Waals surface area contributed by atoms with Crippen molar-refractivity contribution in [2.75, 3.05) is 12.4 Å². The van der Waals surface area contributed by atoms with Gasteiger partial charge in [-0.2, -0.15) is 0 Å². The maximum atomic E-state index is 12.3. The SMILES string of the molecule is Cc1ccc2c3c(nc(NC(C)(C)C)c2c1)C(=O)N(C)C3=O. The molecular weight excluding hydrogens is 278 g/mol. The average Bonchev–Trinajstić information content (AvgIpc) is 2.62. The molecule has 2 amide bonds. The third-order valence-electron chi connectivity index (χ3n) is 3.68. The summed E-state index contributed by atoms with van der Waals surface area (Å²) in [5.41, 5.74) is 1.52. The molecule has 2 aromatic rings. The fourth-order valence-electron chi connectivity index (χ4n) is 2.67. The lowest BCUT2D eigenvalue weighted by molar-refractivity contribution is 0.0692. The van der Waals surface area contributed by atoms with Crippen molar-refractivity contribution in [3.05, 3.63) is 35.0 Å². The molecule has 1 aromatic carbocycles. The molecule has 1 aliphatic heterocycles. The molecule has 0 fully saturated rings. The van der Waals surface area contributed by atoms with E-state index in [9.17, 15) is 9.59 Å². The van der Waals surface area contributed by atoms with Gasteiger partial charge in [0.2, 0.25) is 0 Å². The number of hydrogen-bond donors (Lipinski definition) is 1. The zero-order valence-corrected chi connectivity index (χ0v) is 13.4.